The van der Waals surface area contributed by atoms with E-state index in [1.807, 2.05) is 58.5 Å². The Kier molecular flexibility index (Phi) is 6.87. The van der Waals surface area contributed by atoms with E-state index >= 15 is 0 Å². The predicted molar refractivity (Wildman–Crippen MR) is 107 cm³/mol. The number of aryl methyl sites for hydroxylation is 1. The normalized spacial score (nSPS) is 14.3. The number of rotatable bonds is 7. The lowest BCUT2D eigenvalue weighted by atomic mass is 10.2. The van der Waals surface area contributed by atoms with Gasteiger partial charge in [-0.15, -0.1) is 11.3 Å². The first-order chi connectivity index (χ1) is 13.1. The van der Waals surface area contributed by atoms with Crippen LogP contribution in [0.15, 0.2) is 41.8 Å². The van der Waals surface area contributed by atoms with Gasteiger partial charge in [-0.3, -0.25) is 9.59 Å². The molecule has 0 aliphatic carbocycles. The minimum absolute atomic E-state index is 0.147. The highest BCUT2D eigenvalue weighted by Crippen LogP contribution is 2.17. The molecule has 1 fully saturated rings. The zero-order chi connectivity index (χ0) is 19.1. The molecule has 0 radical (unpaired) electrons. The number of para-hydroxylation sites is 1. The van der Waals surface area contributed by atoms with Crippen molar-refractivity contribution in [2.45, 2.75) is 26.2 Å². The molecule has 144 valence electrons. The molecular formula is C21H26N2O3S. The Hall–Kier alpha value is -2.34. The second-order valence-corrected chi connectivity index (χ2v) is 7.77. The Morgan fingerprint density at radius 2 is 1.70 bits per heavy atom. The standard InChI is InChI=1S/C21H26N2O3S/c1-17-6-2-3-8-19(17)26-14-4-9-20(24)22-10-12-23(13-11-22)21(25)16-18-7-5-15-27-18/h2-3,5-8,15H,4,9-14,16H2,1H3. The van der Waals surface area contributed by atoms with Crippen LogP contribution in [-0.2, 0) is 16.0 Å². The van der Waals surface area contributed by atoms with Crippen molar-refractivity contribution in [3.63, 3.8) is 0 Å². The van der Waals surface area contributed by atoms with Gasteiger partial charge in [-0.25, -0.2) is 0 Å². The molecule has 27 heavy (non-hydrogen) atoms. The quantitative estimate of drug-likeness (QED) is 0.687. The van der Waals surface area contributed by atoms with Crippen LogP contribution in [0.1, 0.15) is 23.3 Å². The van der Waals surface area contributed by atoms with Gasteiger partial charge < -0.3 is 14.5 Å². The van der Waals surface area contributed by atoms with Gasteiger partial charge in [-0.05, 0) is 36.4 Å². The maximum atomic E-state index is 12.4. The summed E-state index contributed by atoms with van der Waals surface area (Å²) in [5.74, 6) is 1.17. The molecule has 1 aromatic carbocycles. The van der Waals surface area contributed by atoms with E-state index in [0.29, 0.717) is 52.0 Å². The van der Waals surface area contributed by atoms with Crippen LogP contribution in [-0.4, -0.2) is 54.4 Å². The van der Waals surface area contributed by atoms with Crippen molar-refractivity contribution in [3.05, 3.63) is 52.2 Å². The number of hydrogen-bond acceptors (Lipinski definition) is 4. The number of amides is 2. The van der Waals surface area contributed by atoms with E-state index in [9.17, 15) is 9.59 Å². The number of hydrogen-bond donors (Lipinski definition) is 0. The Bertz CT molecular complexity index is 753. The van der Waals surface area contributed by atoms with Gasteiger partial charge in [-0.2, -0.15) is 0 Å². The van der Waals surface area contributed by atoms with Crippen molar-refractivity contribution in [2.24, 2.45) is 0 Å². The second-order valence-electron chi connectivity index (χ2n) is 6.74. The molecule has 0 bridgehead atoms. The Morgan fingerprint density at radius 1 is 1.00 bits per heavy atom. The molecule has 0 N–H and O–H groups in total. The molecule has 5 nitrogen and oxygen atoms in total. The number of benzene rings is 1. The monoisotopic (exact) mass is 386 g/mol. The third-order valence-corrected chi connectivity index (χ3v) is 5.65. The average Bonchev–Trinajstić information content (AvgIpc) is 3.19. The molecule has 2 aromatic rings. The highest BCUT2D eigenvalue weighted by Gasteiger charge is 2.24. The zero-order valence-electron chi connectivity index (χ0n) is 15.7. The number of carbonyl (C=O) groups excluding carboxylic acids is 2. The van der Waals surface area contributed by atoms with E-state index in [2.05, 4.69) is 0 Å². The lowest BCUT2D eigenvalue weighted by Crippen LogP contribution is -2.50. The summed E-state index contributed by atoms with van der Waals surface area (Å²) >= 11 is 1.61. The highest BCUT2D eigenvalue weighted by molar-refractivity contribution is 7.10. The van der Waals surface area contributed by atoms with E-state index < -0.39 is 0 Å². The van der Waals surface area contributed by atoms with Crippen LogP contribution < -0.4 is 4.74 Å². The van der Waals surface area contributed by atoms with E-state index in [4.69, 9.17) is 4.74 Å². The SMILES string of the molecule is Cc1ccccc1OCCCC(=O)N1CCN(C(=O)Cc2cccs2)CC1. The van der Waals surface area contributed by atoms with Crippen LogP contribution in [0.25, 0.3) is 0 Å². The van der Waals surface area contributed by atoms with Gasteiger partial charge in [0.25, 0.3) is 0 Å². The van der Waals surface area contributed by atoms with Gasteiger partial charge in [-0.1, -0.05) is 24.3 Å². The first-order valence-corrected chi connectivity index (χ1v) is 10.3. The first kappa shape index (κ1) is 19.4. The van der Waals surface area contributed by atoms with Crippen molar-refractivity contribution >= 4 is 23.2 Å². The Balaban J connectivity index is 1.34. The lowest BCUT2D eigenvalue weighted by Gasteiger charge is -2.35. The molecule has 0 atom stereocenters. The third kappa shape index (κ3) is 5.57. The second kappa shape index (κ2) is 9.55. The van der Waals surface area contributed by atoms with Gasteiger partial charge in [0.1, 0.15) is 5.75 Å². The van der Waals surface area contributed by atoms with E-state index in [1.54, 1.807) is 11.3 Å². The van der Waals surface area contributed by atoms with Gasteiger partial charge in [0.2, 0.25) is 11.8 Å². The summed E-state index contributed by atoms with van der Waals surface area (Å²) in [4.78, 5) is 29.5. The van der Waals surface area contributed by atoms with Crippen molar-refractivity contribution < 1.29 is 14.3 Å². The molecular weight excluding hydrogens is 360 g/mol. The van der Waals surface area contributed by atoms with Crippen LogP contribution in [0.3, 0.4) is 0 Å². The zero-order valence-corrected chi connectivity index (χ0v) is 16.5. The minimum atomic E-state index is 0.147. The molecule has 1 saturated heterocycles. The fraction of sp³-hybridized carbons (Fsp3) is 0.429. The van der Waals surface area contributed by atoms with Crippen LogP contribution in [0.5, 0.6) is 5.75 Å². The number of piperazine rings is 1. The van der Waals surface area contributed by atoms with Crippen LogP contribution >= 0.6 is 11.3 Å². The van der Waals surface area contributed by atoms with Crippen molar-refractivity contribution in [2.75, 3.05) is 32.8 Å². The Morgan fingerprint density at radius 3 is 2.37 bits per heavy atom. The van der Waals surface area contributed by atoms with Crippen LogP contribution in [0.2, 0.25) is 0 Å². The molecule has 0 unspecified atom stereocenters. The predicted octanol–water partition coefficient (Wildman–Crippen LogP) is 3.13. The summed E-state index contributed by atoms with van der Waals surface area (Å²) in [5.41, 5.74) is 1.10. The van der Waals surface area contributed by atoms with Gasteiger partial charge in [0.05, 0.1) is 13.0 Å². The number of nitrogens with zero attached hydrogens (tertiary/aromatic N) is 2. The van der Waals surface area contributed by atoms with Crippen LogP contribution in [0, 0.1) is 6.92 Å². The number of carbonyl (C=O) groups is 2. The highest BCUT2D eigenvalue weighted by atomic mass is 32.1. The topological polar surface area (TPSA) is 49.9 Å². The molecule has 3 rings (SSSR count). The molecule has 6 heteroatoms. The molecule has 1 aliphatic heterocycles. The fourth-order valence-corrected chi connectivity index (χ4v) is 3.86. The summed E-state index contributed by atoms with van der Waals surface area (Å²) in [6, 6.07) is 11.8. The number of ether oxygens (including phenoxy) is 1. The van der Waals surface area contributed by atoms with E-state index in [1.165, 1.54) is 0 Å². The summed E-state index contributed by atoms with van der Waals surface area (Å²) in [7, 11) is 0. The Labute approximate surface area is 164 Å². The molecule has 0 saturated carbocycles. The molecule has 1 aliphatic rings. The largest absolute Gasteiger partial charge is 0.493 e. The summed E-state index contributed by atoms with van der Waals surface area (Å²) < 4.78 is 5.75. The lowest BCUT2D eigenvalue weighted by molar-refractivity contribution is -0.139. The van der Waals surface area contributed by atoms with Gasteiger partial charge in [0, 0.05) is 37.5 Å². The fourth-order valence-electron chi connectivity index (χ4n) is 3.16. The van der Waals surface area contributed by atoms with E-state index in [-0.39, 0.29) is 11.8 Å². The van der Waals surface area contributed by atoms with Crippen molar-refractivity contribution in [1.29, 1.82) is 0 Å². The third-order valence-electron chi connectivity index (χ3n) is 4.78. The minimum Gasteiger partial charge on any atom is -0.493 e. The van der Waals surface area contributed by atoms with Crippen molar-refractivity contribution in [1.82, 2.24) is 9.80 Å². The number of thiophene rings is 1. The van der Waals surface area contributed by atoms with E-state index in [0.717, 1.165) is 16.2 Å². The van der Waals surface area contributed by atoms with Gasteiger partial charge in [0.15, 0.2) is 0 Å². The maximum absolute atomic E-state index is 12.4. The maximum Gasteiger partial charge on any atom is 0.227 e. The summed E-state index contributed by atoms with van der Waals surface area (Å²) in [6.07, 6.45) is 1.64. The van der Waals surface area contributed by atoms with Crippen molar-refractivity contribution in [3.8, 4) is 5.75 Å². The molecule has 2 amide bonds. The molecule has 2 heterocycles. The average molecular weight is 387 g/mol. The van der Waals surface area contributed by atoms with Gasteiger partial charge >= 0.3 is 0 Å². The smallest absolute Gasteiger partial charge is 0.227 e. The first-order valence-electron chi connectivity index (χ1n) is 9.40. The molecule has 1 aromatic heterocycles. The van der Waals surface area contributed by atoms with Crippen LogP contribution in [0.4, 0.5) is 0 Å². The summed E-state index contributed by atoms with van der Waals surface area (Å²) in [6.45, 7) is 5.03. The summed E-state index contributed by atoms with van der Waals surface area (Å²) in [5, 5.41) is 1.99. The molecule has 0 spiro atoms.